The quantitative estimate of drug-likeness (QED) is 0.676. The van der Waals surface area contributed by atoms with E-state index in [2.05, 4.69) is 10.5 Å². The fraction of sp³-hybridized carbons (Fsp3) is 0.143. The van der Waals surface area contributed by atoms with Crippen molar-refractivity contribution in [1.82, 2.24) is 0 Å². The van der Waals surface area contributed by atoms with Crippen LogP contribution in [0.1, 0.15) is 10.4 Å². The van der Waals surface area contributed by atoms with Crippen molar-refractivity contribution in [2.45, 2.75) is 6.92 Å². The zero-order valence-corrected chi connectivity index (χ0v) is 12.4. The molecule has 2 aromatic rings. The molecule has 1 heterocycles. The molecule has 0 aliphatic heterocycles. The van der Waals surface area contributed by atoms with E-state index in [1.807, 2.05) is 24.4 Å². The Morgan fingerprint density at radius 1 is 1.50 bits per heavy atom. The van der Waals surface area contributed by atoms with Crippen LogP contribution in [0.3, 0.4) is 0 Å². The van der Waals surface area contributed by atoms with Crippen LogP contribution in [0, 0.1) is 6.92 Å². The number of aryl methyl sites for hydroxylation is 1. The van der Waals surface area contributed by atoms with Gasteiger partial charge in [0, 0.05) is 15.6 Å². The summed E-state index contributed by atoms with van der Waals surface area (Å²) in [5, 5.41) is 9.05. The molecule has 0 atom stereocenters. The predicted molar refractivity (Wildman–Crippen MR) is 82.7 cm³/mol. The van der Waals surface area contributed by atoms with Gasteiger partial charge >= 0.3 is 0 Å². The number of anilines is 1. The Labute approximate surface area is 126 Å². The molecule has 104 valence electrons. The molecule has 0 unspecified atom stereocenters. The molecule has 1 amide bonds. The van der Waals surface area contributed by atoms with Crippen LogP contribution in [-0.4, -0.2) is 18.7 Å². The third-order valence-corrected chi connectivity index (χ3v) is 3.50. The number of carbonyl (C=O) groups is 1. The molecule has 20 heavy (non-hydrogen) atoms. The maximum atomic E-state index is 11.7. The Morgan fingerprint density at radius 2 is 2.35 bits per heavy atom. The van der Waals surface area contributed by atoms with Gasteiger partial charge in [-0.25, -0.2) is 0 Å². The first-order valence-electron chi connectivity index (χ1n) is 5.90. The number of hydrogen-bond acceptors (Lipinski definition) is 4. The molecular formula is C14H13ClN2O2S. The zero-order valence-electron chi connectivity index (χ0n) is 10.8. The maximum Gasteiger partial charge on any atom is 0.265 e. The summed E-state index contributed by atoms with van der Waals surface area (Å²) in [5.41, 5.74) is 1.61. The van der Waals surface area contributed by atoms with Crippen LogP contribution in [0.15, 0.2) is 40.9 Å². The lowest BCUT2D eigenvalue weighted by molar-refractivity contribution is -0.120. The van der Waals surface area contributed by atoms with Gasteiger partial charge in [-0.05, 0) is 42.1 Å². The van der Waals surface area contributed by atoms with Crippen molar-refractivity contribution < 1.29 is 9.63 Å². The van der Waals surface area contributed by atoms with Gasteiger partial charge in [0.05, 0.1) is 6.21 Å². The monoisotopic (exact) mass is 308 g/mol. The molecule has 1 aromatic heterocycles. The average molecular weight is 309 g/mol. The molecule has 1 N–H and O–H groups in total. The highest BCUT2D eigenvalue weighted by atomic mass is 35.5. The molecule has 6 heteroatoms. The Bertz CT molecular complexity index is 612. The van der Waals surface area contributed by atoms with Gasteiger partial charge in [0.1, 0.15) is 0 Å². The summed E-state index contributed by atoms with van der Waals surface area (Å²) in [7, 11) is 0. The summed E-state index contributed by atoms with van der Waals surface area (Å²) in [6.45, 7) is 1.74. The van der Waals surface area contributed by atoms with E-state index < -0.39 is 0 Å². The fourth-order valence-corrected chi connectivity index (χ4v) is 2.31. The second-order valence-electron chi connectivity index (χ2n) is 4.03. The minimum Gasteiger partial charge on any atom is -0.386 e. The number of nitrogens with zero attached hydrogens (tertiary/aromatic N) is 1. The van der Waals surface area contributed by atoms with E-state index in [1.165, 1.54) is 0 Å². The first kappa shape index (κ1) is 14.6. The number of nitrogens with one attached hydrogen (secondary N) is 1. The number of thiophene rings is 1. The van der Waals surface area contributed by atoms with E-state index in [0.717, 1.165) is 10.4 Å². The molecule has 1 aromatic carbocycles. The molecule has 0 radical (unpaired) electrons. The van der Waals surface area contributed by atoms with Gasteiger partial charge in [0.2, 0.25) is 0 Å². The molecule has 0 aliphatic rings. The van der Waals surface area contributed by atoms with E-state index >= 15 is 0 Å². The van der Waals surface area contributed by atoms with Crippen molar-refractivity contribution in [3.05, 3.63) is 51.2 Å². The van der Waals surface area contributed by atoms with Crippen molar-refractivity contribution in [2.75, 3.05) is 11.9 Å². The highest BCUT2D eigenvalue weighted by Gasteiger charge is 2.05. The summed E-state index contributed by atoms with van der Waals surface area (Å²) >= 11 is 7.39. The zero-order chi connectivity index (χ0) is 14.4. The molecule has 0 bridgehead atoms. The minimum absolute atomic E-state index is 0.135. The Balaban J connectivity index is 1.80. The highest BCUT2D eigenvalue weighted by molar-refractivity contribution is 7.11. The van der Waals surface area contributed by atoms with Gasteiger partial charge < -0.3 is 10.2 Å². The average Bonchev–Trinajstić information content (AvgIpc) is 2.91. The molecule has 4 nitrogen and oxygen atoms in total. The van der Waals surface area contributed by atoms with Crippen LogP contribution >= 0.6 is 22.9 Å². The van der Waals surface area contributed by atoms with Gasteiger partial charge in [-0.3, -0.25) is 4.79 Å². The van der Waals surface area contributed by atoms with Crippen molar-refractivity contribution in [3.8, 4) is 0 Å². The number of amides is 1. The lowest BCUT2D eigenvalue weighted by Crippen LogP contribution is -2.17. The summed E-state index contributed by atoms with van der Waals surface area (Å²) in [6.07, 6.45) is 1.57. The lowest BCUT2D eigenvalue weighted by Gasteiger charge is -2.07. The second-order valence-corrected chi connectivity index (χ2v) is 5.45. The van der Waals surface area contributed by atoms with Crippen LogP contribution in [-0.2, 0) is 9.63 Å². The van der Waals surface area contributed by atoms with Crippen molar-refractivity contribution >= 4 is 40.7 Å². The third-order valence-electron chi connectivity index (χ3n) is 2.46. The van der Waals surface area contributed by atoms with Crippen molar-refractivity contribution in [2.24, 2.45) is 5.16 Å². The van der Waals surface area contributed by atoms with E-state index in [1.54, 1.807) is 35.8 Å². The Morgan fingerprint density at radius 3 is 3.05 bits per heavy atom. The number of hydrogen-bond donors (Lipinski definition) is 1. The molecule has 0 saturated heterocycles. The van der Waals surface area contributed by atoms with Crippen LogP contribution in [0.4, 0.5) is 5.69 Å². The number of halogens is 1. The molecule has 0 saturated carbocycles. The van der Waals surface area contributed by atoms with Gasteiger partial charge in [-0.1, -0.05) is 22.8 Å². The first-order chi connectivity index (χ1) is 9.65. The summed E-state index contributed by atoms with van der Waals surface area (Å²) < 4.78 is 0. The number of rotatable bonds is 5. The van der Waals surface area contributed by atoms with E-state index in [-0.39, 0.29) is 12.5 Å². The van der Waals surface area contributed by atoms with E-state index in [9.17, 15) is 4.79 Å². The number of benzene rings is 1. The Hall–Kier alpha value is -1.85. The van der Waals surface area contributed by atoms with Gasteiger partial charge in [0.25, 0.3) is 5.91 Å². The molecule has 0 aliphatic carbocycles. The SMILES string of the molecule is Cc1cc(Cl)ccc1NC(=O)CO/N=C/c1cccs1. The van der Waals surface area contributed by atoms with E-state index in [4.69, 9.17) is 16.4 Å². The van der Waals surface area contributed by atoms with Crippen LogP contribution < -0.4 is 5.32 Å². The van der Waals surface area contributed by atoms with Crippen molar-refractivity contribution in [1.29, 1.82) is 0 Å². The smallest absolute Gasteiger partial charge is 0.265 e. The van der Waals surface area contributed by atoms with Gasteiger partial charge in [-0.2, -0.15) is 0 Å². The second kappa shape index (κ2) is 7.07. The summed E-state index contributed by atoms with van der Waals surface area (Å²) in [6, 6.07) is 9.09. The lowest BCUT2D eigenvalue weighted by atomic mass is 10.2. The topological polar surface area (TPSA) is 50.7 Å². The predicted octanol–water partition coefficient (Wildman–Crippen LogP) is 3.70. The molecule has 2 rings (SSSR count). The Kier molecular flexibility index (Phi) is 5.15. The molecule has 0 fully saturated rings. The van der Waals surface area contributed by atoms with Gasteiger partial charge in [-0.15, -0.1) is 11.3 Å². The highest BCUT2D eigenvalue weighted by Crippen LogP contribution is 2.19. The largest absolute Gasteiger partial charge is 0.386 e. The van der Waals surface area contributed by atoms with E-state index in [0.29, 0.717) is 10.7 Å². The maximum absolute atomic E-state index is 11.7. The number of carbonyl (C=O) groups excluding carboxylic acids is 1. The van der Waals surface area contributed by atoms with Gasteiger partial charge in [0.15, 0.2) is 6.61 Å². The molecular weight excluding hydrogens is 296 g/mol. The third kappa shape index (κ3) is 4.36. The standard InChI is InChI=1S/C14H13ClN2O2S/c1-10-7-11(15)4-5-13(10)17-14(18)9-19-16-8-12-3-2-6-20-12/h2-8H,9H2,1H3,(H,17,18)/b16-8+. The van der Waals surface area contributed by atoms with Crippen LogP contribution in [0.2, 0.25) is 5.02 Å². The minimum atomic E-state index is -0.265. The normalized spacial score (nSPS) is 10.7. The van der Waals surface area contributed by atoms with Crippen molar-refractivity contribution in [3.63, 3.8) is 0 Å². The van der Waals surface area contributed by atoms with Crippen LogP contribution in [0.5, 0.6) is 0 Å². The summed E-state index contributed by atoms with van der Waals surface area (Å²) in [5.74, 6) is -0.265. The number of oxime groups is 1. The molecule has 0 spiro atoms. The fourth-order valence-electron chi connectivity index (χ4n) is 1.50. The first-order valence-corrected chi connectivity index (χ1v) is 7.16. The van der Waals surface area contributed by atoms with Crippen LogP contribution in [0.25, 0.3) is 0 Å². The summed E-state index contributed by atoms with van der Waals surface area (Å²) in [4.78, 5) is 17.6.